The predicted octanol–water partition coefficient (Wildman–Crippen LogP) is 3.06. The fraction of sp³-hybridized carbons (Fsp3) is 0.118. The Morgan fingerprint density at radius 2 is 2.00 bits per heavy atom. The normalized spacial score (nSPS) is 12.3. The largest absolute Gasteiger partial charge is 0.454 e. The fourth-order valence-corrected chi connectivity index (χ4v) is 2.96. The molecule has 0 saturated heterocycles. The summed E-state index contributed by atoms with van der Waals surface area (Å²) in [6.45, 7) is 0.222. The summed E-state index contributed by atoms with van der Waals surface area (Å²) >= 11 is 6.04. The zero-order chi connectivity index (χ0) is 16.7. The number of hydrogen-bond donors (Lipinski definition) is 1. The Balaban J connectivity index is 1.85. The molecule has 0 saturated carbocycles. The number of nitriles is 1. The van der Waals surface area contributed by atoms with Crippen molar-refractivity contribution in [2.75, 3.05) is 12.5 Å². The Kier molecular flexibility index (Phi) is 3.36. The first-order chi connectivity index (χ1) is 11.7. The number of nitrogens with two attached hydrogens (primary N) is 1. The van der Waals surface area contributed by atoms with Crippen molar-refractivity contribution in [1.29, 1.82) is 5.26 Å². The van der Waals surface area contributed by atoms with Gasteiger partial charge in [-0.3, -0.25) is 0 Å². The van der Waals surface area contributed by atoms with Crippen LogP contribution in [0.3, 0.4) is 0 Å². The third kappa shape index (κ3) is 2.36. The van der Waals surface area contributed by atoms with Crippen LogP contribution in [0.1, 0.15) is 16.8 Å². The molecule has 0 atom stereocenters. The van der Waals surface area contributed by atoms with Gasteiger partial charge in [0.2, 0.25) is 12.1 Å². The number of halogens is 1. The maximum Gasteiger partial charge on any atom is 0.231 e. The van der Waals surface area contributed by atoms with Gasteiger partial charge in [-0.25, -0.2) is 9.97 Å². The molecule has 0 aliphatic carbocycles. The topological polar surface area (TPSA) is 94.0 Å². The van der Waals surface area contributed by atoms with Crippen LogP contribution in [-0.4, -0.2) is 16.8 Å². The number of nitrogen functional groups attached to an aromatic ring is 1. The maximum absolute atomic E-state index is 9.19. The van der Waals surface area contributed by atoms with E-state index in [-0.39, 0.29) is 12.1 Å². The SMILES string of the molecule is N#Cc1ccc2nc(Cl)nc(Cc3ccc4c(c3)OCO4)c2c1N. The molecule has 1 aliphatic heterocycles. The van der Waals surface area contributed by atoms with Crippen LogP contribution in [0.25, 0.3) is 10.9 Å². The second kappa shape index (κ2) is 5.55. The average molecular weight is 339 g/mol. The van der Waals surface area contributed by atoms with E-state index in [4.69, 9.17) is 26.8 Å². The van der Waals surface area contributed by atoms with Gasteiger partial charge in [0, 0.05) is 11.8 Å². The fourth-order valence-electron chi connectivity index (χ4n) is 2.77. The van der Waals surface area contributed by atoms with Crippen LogP contribution in [-0.2, 0) is 6.42 Å². The highest BCUT2D eigenvalue weighted by molar-refractivity contribution is 6.28. The Hall–Kier alpha value is -3.04. The first-order valence-electron chi connectivity index (χ1n) is 7.19. The number of anilines is 1. The summed E-state index contributed by atoms with van der Waals surface area (Å²) in [5.41, 5.74) is 9.13. The van der Waals surface area contributed by atoms with Gasteiger partial charge in [-0.05, 0) is 41.4 Å². The molecule has 0 unspecified atom stereocenters. The quantitative estimate of drug-likeness (QED) is 0.570. The molecule has 1 aliphatic rings. The maximum atomic E-state index is 9.19. The molecule has 2 N–H and O–H groups in total. The number of hydrogen-bond acceptors (Lipinski definition) is 6. The molecule has 0 spiro atoms. The van der Waals surface area contributed by atoms with Gasteiger partial charge < -0.3 is 15.2 Å². The van der Waals surface area contributed by atoms with E-state index in [1.807, 2.05) is 18.2 Å². The number of benzene rings is 2. The molecule has 2 aromatic carbocycles. The molecule has 1 aromatic heterocycles. The van der Waals surface area contributed by atoms with E-state index >= 15 is 0 Å². The smallest absolute Gasteiger partial charge is 0.231 e. The number of ether oxygens (including phenoxy) is 2. The van der Waals surface area contributed by atoms with Crippen molar-refractivity contribution in [2.24, 2.45) is 0 Å². The zero-order valence-corrected chi connectivity index (χ0v) is 13.2. The molecule has 2 heterocycles. The summed E-state index contributed by atoms with van der Waals surface area (Å²) in [7, 11) is 0. The van der Waals surface area contributed by atoms with Crippen LogP contribution >= 0.6 is 11.6 Å². The first kappa shape index (κ1) is 14.5. The molecular formula is C17H11ClN4O2. The second-order valence-corrected chi connectivity index (χ2v) is 5.67. The van der Waals surface area contributed by atoms with E-state index in [9.17, 15) is 5.26 Å². The van der Waals surface area contributed by atoms with Gasteiger partial charge >= 0.3 is 0 Å². The Labute approximate surface area is 142 Å². The minimum absolute atomic E-state index is 0.141. The van der Waals surface area contributed by atoms with Crippen LogP contribution in [0, 0.1) is 11.3 Å². The van der Waals surface area contributed by atoms with E-state index in [1.54, 1.807) is 12.1 Å². The van der Waals surface area contributed by atoms with Crippen molar-refractivity contribution in [1.82, 2.24) is 9.97 Å². The first-order valence-corrected chi connectivity index (χ1v) is 7.57. The van der Waals surface area contributed by atoms with Crippen LogP contribution in [0.2, 0.25) is 5.28 Å². The van der Waals surface area contributed by atoms with Crippen LogP contribution in [0.5, 0.6) is 11.5 Å². The van der Waals surface area contributed by atoms with Crippen LogP contribution in [0.4, 0.5) is 5.69 Å². The van der Waals surface area contributed by atoms with E-state index in [0.29, 0.717) is 40.0 Å². The predicted molar refractivity (Wildman–Crippen MR) is 89.0 cm³/mol. The van der Waals surface area contributed by atoms with E-state index in [2.05, 4.69) is 16.0 Å². The monoisotopic (exact) mass is 338 g/mol. The lowest BCUT2D eigenvalue weighted by atomic mass is 10.0. The van der Waals surface area contributed by atoms with Crippen molar-refractivity contribution in [3.63, 3.8) is 0 Å². The zero-order valence-electron chi connectivity index (χ0n) is 12.4. The third-order valence-electron chi connectivity index (χ3n) is 3.88. The highest BCUT2D eigenvalue weighted by Crippen LogP contribution is 2.34. The number of aromatic nitrogens is 2. The van der Waals surface area contributed by atoms with Gasteiger partial charge in [-0.2, -0.15) is 5.26 Å². The summed E-state index contributed by atoms with van der Waals surface area (Å²) in [5, 5.41) is 9.98. The lowest BCUT2D eigenvalue weighted by molar-refractivity contribution is 0.174. The van der Waals surface area contributed by atoms with Crippen molar-refractivity contribution >= 4 is 28.2 Å². The molecule has 24 heavy (non-hydrogen) atoms. The van der Waals surface area contributed by atoms with Crippen molar-refractivity contribution in [3.8, 4) is 17.6 Å². The number of rotatable bonds is 2. The van der Waals surface area contributed by atoms with E-state index in [0.717, 1.165) is 11.3 Å². The minimum Gasteiger partial charge on any atom is -0.454 e. The summed E-state index contributed by atoms with van der Waals surface area (Å²) < 4.78 is 10.7. The van der Waals surface area contributed by atoms with E-state index in [1.165, 1.54) is 0 Å². The summed E-state index contributed by atoms with van der Waals surface area (Å²) in [6, 6.07) is 11.1. The molecule has 118 valence electrons. The number of fused-ring (bicyclic) bond motifs is 2. The molecule has 6 nitrogen and oxygen atoms in total. The Morgan fingerprint density at radius 3 is 2.83 bits per heavy atom. The van der Waals surface area contributed by atoms with Crippen LogP contribution in [0.15, 0.2) is 30.3 Å². The standard InChI is InChI=1S/C17H11ClN4O2/c18-17-21-11-3-2-10(7-19)16(20)15(11)12(22-17)5-9-1-4-13-14(6-9)24-8-23-13/h1-4,6H,5,8,20H2. The van der Waals surface area contributed by atoms with Crippen molar-refractivity contribution in [2.45, 2.75) is 6.42 Å². The Morgan fingerprint density at radius 1 is 1.17 bits per heavy atom. The number of nitrogens with zero attached hydrogens (tertiary/aromatic N) is 3. The van der Waals surface area contributed by atoms with Crippen molar-refractivity contribution in [3.05, 3.63) is 52.4 Å². The lowest BCUT2D eigenvalue weighted by Crippen LogP contribution is -2.02. The molecule has 0 amide bonds. The summed E-state index contributed by atoms with van der Waals surface area (Å²) in [4.78, 5) is 8.51. The summed E-state index contributed by atoms with van der Waals surface area (Å²) in [6.07, 6.45) is 0.481. The van der Waals surface area contributed by atoms with Gasteiger partial charge in [-0.15, -0.1) is 0 Å². The third-order valence-corrected chi connectivity index (χ3v) is 4.05. The van der Waals surface area contributed by atoms with Gasteiger partial charge in [0.1, 0.15) is 6.07 Å². The van der Waals surface area contributed by atoms with Gasteiger partial charge in [0.15, 0.2) is 11.5 Å². The highest BCUT2D eigenvalue weighted by atomic mass is 35.5. The molecule has 7 heteroatoms. The molecule has 0 radical (unpaired) electrons. The van der Waals surface area contributed by atoms with Gasteiger partial charge in [0.25, 0.3) is 0 Å². The lowest BCUT2D eigenvalue weighted by Gasteiger charge is -2.10. The molecule has 0 bridgehead atoms. The summed E-state index contributed by atoms with van der Waals surface area (Å²) in [5.74, 6) is 1.42. The highest BCUT2D eigenvalue weighted by Gasteiger charge is 2.16. The molecular weight excluding hydrogens is 328 g/mol. The van der Waals surface area contributed by atoms with Crippen LogP contribution < -0.4 is 15.2 Å². The van der Waals surface area contributed by atoms with E-state index < -0.39 is 0 Å². The molecule has 0 fully saturated rings. The molecule has 4 rings (SSSR count). The van der Waals surface area contributed by atoms with Crippen molar-refractivity contribution < 1.29 is 9.47 Å². The molecule has 3 aromatic rings. The van der Waals surface area contributed by atoms with Gasteiger partial charge in [-0.1, -0.05) is 6.07 Å². The minimum atomic E-state index is 0.141. The average Bonchev–Trinajstić information content (AvgIpc) is 3.02. The second-order valence-electron chi connectivity index (χ2n) is 5.34. The van der Waals surface area contributed by atoms with Gasteiger partial charge in [0.05, 0.1) is 22.5 Å². The Bertz CT molecular complexity index is 1010.